The van der Waals surface area contributed by atoms with Crippen molar-refractivity contribution in [3.8, 4) is 0 Å². The topological polar surface area (TPSA) is 49.4 Å². The lowest BCUT2D eigenvalue weighted by Gasteiger charge is -2.35. The molecular formula is C16H34N2O2S. The van der Waals surface area contributed by atoms with Gasteiger partial charge in [0.15, 0.2) is 9.84 Å². The van der Waals surface area contributed by atoms with Gasteiger partial charge in [0.2, 0.25) is 0 Å². The van der Waals surface area contributed by atoms with Crippen LogP contribution in [0.1, 0.15) is 47.0 Å². The van der Waals surface area contributed by atoms with Gasteiger partial charge >= 0.3 is 0 Å². The predicted molar refractivity (Wildman–Crippen MR) is 90.4 cm³/mol. The minimum absolute atomic E-state index is 0.234. The molecule has 0 saturated carbocycles. The summed E-state index contributed by atoms with van der Waals surface area (Å²) in [6, 6.07) is 0. The summed E-state index contributed by atoms with van der Waals surface area (Å²) in [5.74, 6) is 1.35. The van der Waals surface area contributed by atoms with Crippen molar-refractivity contribution in [1.29, 1.82) is 0 Å². The van der Waals surface area contributed by atoms with Crippen LogP contribution in [0.5, 0.6) is 0 Å². The predicted octanol–water partition coefficient (Wildman–Crippen LogP) is 2.16. The third-order valence-electron chi connectivity index (χ3n) is 4.21. The van der Waals surface area contributed by atoms with E-state index in [1.165, 1.54) is 12.8 Å². The maximum Gasteiger partial charge on any atom is 0.151 e. The van der Waals surface area contributed by atoms with Crippen LogP contribution in [0, 0.1) is 11.3 Å². The summed E-state index contributed by atoms with van der Waals surface area (Å²) in [6.45, 7) is 13.7. The number of nitrogens with one attached hydrogen (secondary N) is 1. The summed E-state index contributed by atoms with van der Waals surface area (Å²) < 4.78 is 23.4. The van der Waals surface area contributed by atoms with Crippen molar-refractivity contribution in [2.75, 3.05) is 44.2 Å². The highest BCUT2D eigenvalue weighted by Gasteiger charge is 2.28. The van der Waals surface area contributed by atoms with Crippen LogP contribution in [0.3, 0.4) is 0 Å². The van der Waals surface area contributed by atoms with Gasteiger partial charge in [-0.1, -0.05) is 34.1 Å². The highest BCUT2D eigenvalue weighted by atomic mass is 32.2. The van der Waals surface area contributed by atoms with Crippen molar-refractivity contribution in [2.45, 2.75) is 47.0 Å². The highest BCUT2D eigenvalue weighted by Crippen LogP contribution is 2.25. The average Bonchev–Trinajstić information content (AvgIpc) is 2.50. The first-order valence-electron chi connectivity index (χ1n) is 8.40. The van der Waals surface area contributed by atoms with Gasteiger partial charge in [-0.3, -0.25) is 0 Å². The molecule has 21 heavy (non-hydrogen) atoms. The number of rotatable bonds is 8. The van der Waals surface area contributed by atoms with Crippen LogP contribution in [0.15, 0.2) is 0 Å². The molecule has 1 heterocycles. The largest absolute Gasteiger partial charge is 0.316 e. The second-order valence-corrected chi connectivity index (χ2v) is 9.67. The highest BCUT2D eigenvalue weighted by molar-refractivity contribution is 7.91. The Hall–Kier alpha value is -0.130. The zero-order valence-electron chi connectivity index (χ0n) is 14.3. The first kappa shape index (κ1) is 18.9. The van der Waals surface area contributed by atoms with E-state index < -0.39 is 9.84 Å². The molecule has 1 saturated heterocycles. The number of nitrogens with zero attached hydrogens (tertiary/aromatic N) is 1. The molecule has 1 aliphatic rings. The van der Waals surface area contributed by atoms with Crippen molar-refractivity contribution in [1.82, 2.24) is 10.2 Å². The fraction of sp³-hybridized carbons (Fsp3) is 1.00. The molecule has 1 unspecified atom stereocenters. The van der Waals surface area contributed by atoms with Crippen LogP contribution in [-0.4, -0.2) is 57.5 Å². The molecule has 0 bridgehead atoms. The number of sulfone groups is 1. The molecule has 1 N–H and O–H groups in total. The van der Waals surface area contributed by atoms with E-state index >= 15 is 0 Å². The van der Waals surface area contributed by atoms with E-state index in [4.69, 9.17) is 0 Å². The van der Waals surface area contributed by atoms with Crippen LogP contribution < -0.4 is 5.32 Å². The first-order chi connectivity index (χ1) is 9.76. The normalized spacial score (nSPS) is 22.9. The number of hydrogen-bond acceptors (Lipinski definition) is 4. The maximum absolute atomic E-state index is 11.7. The molecular weight excluding hydrogens is 284 g/mol. The van der Waals surface area contributed by atoms with Gasteiger partial charge in [0.1, 0.15) is 0 Å². The van der Waals surface area contributed by atoms with Crippen LogP contribution in [0.4, 0.5) is 0 Å². The van der Waals surface area contributed by atoms with Gasteiger partial charge in [0, 0.05) is 19.6 Å². The second-order valence-electron chi connectivity index (χ2n) is 7.37. The van der Waals surface area contributed by atoms with Crippen LogP contribution >= 0.6 is 0 Å². The quantitative estimate of drug-likeness (QED) is 0.745. The van der Waals surface area contributed by atoms with Gasteiger partial charge < -0.3 is 10.2 Å². The maximum atomic E-state index is 11.7. The Balaban J connectivity index is 2.55. The van der Waals surface area contributed by atoms with E-state index in [1.807, 2.05) is 0 Å². The third-order valence-corrected chi connectivity index (χ3v) is 5.93. The first-order valence-corrected chi connectivity index (χ1v) is 10.2. The van der Waals surface area contributed by atoms with E-state index in [2.05, 4.69) is 37.9 Å². The van der Waals surface area contributed by atoms with Crippen LogP contribution in [0.2, 0.25) is 0 Å². The van der Waals surface area contributed by atoms with Crippen molar-refractivity contribution >= 4 is 9.84 Å². The van der Waals surface area contributed by atoms with Gasteiger partial charge in [-0.15, -0.1) is 0 Å². The summed E-state index contributed by atoms with van der Waals surface area (Å²) in [4.78, 5) is 2.36. The molecule has 1 fully saturated rings. The Kier molecular flexibility index (Phi) is 7.65. The van der Waals surface area contributed by atoms with Gasteiger partial charge in [0.25, 0.3) is 0 Å². The minimum atomic E-state index is -2.81. The van der Waals surface area contributed by atoms with E-state index in [0.717, 1.165) is 32.6 Å². The Morgan fingerprint density at radius 2 is 1.95 bits per heavy atom. The lowest BCUT2D eigenvalue weighted by Crippen LogP contribution is -2.44. The zero-order chi connectivity index (χ0) is 15.9. The number of hydrogen-bond donors (Lipinski definition) is 1. The summed E-state index contributed by atoms with van der Waals surface area (Å²) in [5, 5.41) is 3.59. The SMILES string of the molecule is CCCC(C)(CNCC(C)C)CN1CCCS(=O)(=O)CC1. The lowest BCUT2D eigenvalue weighted by atomic mass is 9.84. The summed E-state index contributed by atoms with van der Waals surface area (Å²) >= 11 is 0. The molecule has 0 aromatic rings. The van der Waals surface area contributed by atoms with Crippen molar-refractivity contribution in [3.63, 3.8) is 0 Å². The third kappa shape index (κ3) is 7.61. The van der Waals surface area contributed by atoms with E-state index in [0.29, 0.717) is 24.0 Å². The van der Waals surface area contributed by atoms with Gasteiger partial charge in [-0.25, -0.2) is 8.42 Å². The molecule has 4 nitrogen and oxygen atoms in total. The fourth-order valence-electron chi connectivity index (χ4n) is 3.18. The fourth-order valence-corrected chi connectivity index (χ4v) is 4.49. The Morgan fingerprint density at radius 1 is 1.24 bits per heavy atom. The van der Waals surface area contributed by atoms with Gasteiger partial charge in [-0.05, 0) is 37.3 Å². The molecule has 1 atom stereocenters. The van der Waals surface area contributed by atoms with E-state index in [9.17, 15) is 8.42 Å². The zero-order valence-corrected chi connectivity index (χ0v) is 15.1. The molecule has 5 heteroatoms. The molecule has 1 aliphatic heterocycles. The average molecular weight is 319 g/mol. The summed E-state index contributed by atoms with van der Waals surface area (Å²) in [7, 11) is -2.81. The van der Waals surface area contributed by atoms with E-state index in [1.54, 1.807) is 0 Å². The van der Waals surface area contributed by atoms with Crippen molar-refractivity contribution < 1.29 is 8.42 Å². The van der Waals surface area contributed by atoms with Crippen LogP contribution in [0.25, 0.3) is 0 Å². The molecule has 126 valence electrons. The smallest absolute Gasteiger partial charge is 0.151 e. The monoisotopic (exact) mass is 318 g/mol. The Morgan fingerprint density at radius 3 is 2.57 bits per heavy atom. The summed E-state index contributed by atoms with van der Waals surface area (Å²) in [5.41, 5.74) is 0.234. The van der Waals surface area contributed by atoms with Gasteiger partial charge in [-0.2, -0.15) is 0 Å². The lowest BCUT2D eigenvalue weighted by molar-refractivity contribution is 0.156. The van der Waals surface area contributed by atoms with E-state index in [-0.39, 0.29) is 5.41 Å². The van der Waals surface area contributed by atoms with Crippen LogP contribution in [-0.2, 0) is 9.84 Å². The minimum Gasteiger partial charge on any atom is -0.316 e. The van der Waals surface area contributed by atoms with Crippen molar-refractivity contribution in [3.05, 3.63) is 0 Å². The summed E-state index contributed by atoms with van der Waals surface area (Å²) in [6.07, 6.45) is 3.14. The molecule has 0 radical (unpaired) electrons. The second kappa shape index (κ2) is 8.49. The standard InChI is InChI=1S/C16H34N2O2S/c1-5-7-16(4,13-17-12-15(2)3)14-18-8-6-10-21(19,20)11-9-18/h15,17H,5-14H2,1-4H3. The molecule has 0 amide bonds. The Bertz CT molecular complexity index is 395. The van der Waals surface area contributed by atoms with Gasteiger partial charge in [0.05, 0.1) is 11.5 Å². The Labute approximate surface area is 131 Å². The molecule has 0 aliphatic carbocycles. The molecule has 0 aromatic heterocycles. The molecule has 0 aromatic carbocycles. The van der Waals surface area contributed by atoms with Crippen molar-refractivity contribution in [2.24, 2.45) is 11.3 Å². The molecule has 1 rings (SSSR count). The molecule has 0 spiro atoms.